The minimum atomic E-state index is 0.571. The van der Waals surface area contributed by atoms with Crippen LogP contribution in [0.5, 0.6) is 0 Å². The number of rotatable bonds is 4. The molecule has 1 nitrogen and oxygen atoms in total. The van der Waals surface area contributed by atoms with E-state index in [9.17, 15) is 0 Å². The van der Waals surface area contributed by atoms with Gasteiger partial charge in [0.15, 0.2) is 0 Å². The first kappa shape index (κ1) is 12.0. The van der Waals surface area contributed by atoms with E-state index in [-0.39, 0.29) is 0 Å². The molecule has 1 atom stereocenters. The smallest absolute Gasteiger partial charge is 0.0471 e. The SMILES string of the molecule is CC(C)C(C)CCC1(C)CCOCC1. The van der Waals surface area contributed by atoms with Crippen LogP contribution in [0.2, 0.25) is 0 Å². The highest BCUT2D eigenvalue weighted by Gasteiger charge is 2.27. The van der Waals surface area contributed by atoms with Gasteiger partial charge in [-0.15, -0.1) is 0 Å². The van der Waals surface area contributed by atoms with Crippen LogP contribution in [0.1, 0.15) is 53.4 Å². The molecule has 0 aliphatic carbocycles. The van der Waals surface area contributed by atoms with Crippen LogP contribution in [0, 0.1) is 17.3 Å². The molecule has 0 aromatic carbocycles. The van der Waals surface area contributed by atoms with Crippen LogP contribution in [0.4, 0.5) is 0 Å². The standard InChI is InChI=1S/C13H26O/c1-11(2)12(3)5-6-13(4)7-9-14-10-8-13/h11-12H,5-10H2,1-4H3. The second-order valence-electron chi connectivity index (χ2n) is 5.68. The lowest BCUT2D eigenvalue weighted by Crippen LogP contribution is -2.27. The lowest BCUT2D eigenvalue weighted by molar-refractivity contribution is 0.0162. The third kappa shape index (κ3) is 3.61. The van der Waals surface area contributed by atoms with Gasteiger partial charge in [-0.1, -0.05) is 27.7 Å². The molecule has 1 saturated heterocycles. The van der Waals surface area contributed by atoms with Crippen molar-refractivity contribution in [3.05, 3.63) is 0 Å². The van der Waals surface area contributed by atoms with Crippen LogP contribution in [0.25, 0.3) is 0 Å². The highest BCUT2D eigenvalue weighted by molar-refractivity contribution is 4.78. The second-order valence-corrected chi connectivity index (χ2v) is 5.68. The van der Waals surface area contributed by atoms with Gasteiger partial charge in [0.05, 0.1) is 0 Å². The zero-order valence-corrected chi connectivity index (χ0v) is 10.3. The summed E-state index contributed by atoms with van der Waals surface area (Å²) in [6, 6.07) is 0. The third-order valence-electron chi connectivity index (χ3n) is 4.04. The fourth-order valence-corrected chi connectivity index (χ4v) is 2.02. The lowest BCUT2D eigenvalue weighted by Gasteiger charge is -2.34. The summed E-state index contributed by atoms with van der Waals surface area (Å²) in [5.41, 5.74) is 0.571. The second kappa shape index (κ2) is 5.16. The lowest BCUT2D eigenvalue weighted by atomic mass is 9.76. The summed E-state index contributed by atoms with van der Waals surface area (Å²) in [5, 5.41) is 0. The fraction of sp³-hybridized carbons (Fsp3) is 1.00. The highest BCUT2D eigenvalue weighted by atomic mass is 16.5. The molecule has 14 heavy (non-hydrogen) atoms. The maximum absolute atomic E-state index is 5.42. The number of hydrogen-bond acceptors (Lipinski definition) is 1. The molecule has 0 bridgehead atoms. The molecule has 0 N–H and O–H groups in total. The minimum Gasteiger partial charge on any atom is -0.381 e. The summed E-state index contributed by atoms with van der Waals surface area (Å²) in [4.78, 5) is 0. The first-order valence-corrected chi connectivity index (χ1v) is 6.11. The van der Waals surface area contributed by atoms with Crippen LogP contribution in [0.3, 0.4) is 0 Å². The Morgan fingerprint density at radius 3 is 2.21 bits per heavy atom. The van der Waals surface area contributed by atoms with Crippen molar-refractivity contribution < 1.29 is 4.74 Å². The van der Waals surface area contributed by atoms with Crippen LogP contribution >= 0.6 is 0 Å². The van der Waals surface area contributed by atoms with Gasteiger partial charge in [-0.3, -0.25) is 0 Å². The normalized spacial score (nSPS) is 23.8. The van der Waals surface area contributed by atoms with Crippen molar-refractivity contribution in [1.82, 2.24) is 0 Å². The van der Waals surface area contributed by atoms with Crippen molar-refractivity contribution in [3.8, 4) is 0 Å². The molecule has 0 saturated carbocycles. The molecule has 0 aromatic heterocycles. The molecule has 0 spiro atoms. The quantitative estimate of drug-likeness (QED) is 0.666. The molecular weight excluding hydrogens is 172 g/mol. The van der Waals surface area contributed by atoms with Gasteiger partial charge < -0.3 is 4.74 Å². The Hall–Kier alpha value is -0.0400. The Bertz CT molecular complexity index is 157. The number of ether oxygens (including phenoxy) is 1. The Balaban J connectivity index is 2.28. The van der Waals surface area contributed by atoms with E-state index in [0.717, 1.165) is 25.0 Å². The monoisotopic (exact) mass is 198 g/mol. The van der Waals surface area contributed by atoms with E-state index in [1.54, 1.807) is 0 Å². The summed E-state index contributed by atoms with van der Waals surface area (Å²) in [7, 11) is 0. The predicted octanol–water partition coefficient (Wildman–Crippen LogP) is 3.88. The van der Waals surface area contributed by atoms with Crippen LogP contribution in [-0.2, 0) is 4.74 Å². The van der Waals surface area contributed by atoms with E-state index >= 15 is 0 Å². The van der Waals surface area contributed by atoms with Crippen LogP contribution in [-0.4, -0.2) is 13.2 Å². The zero-order chi connectivity index (χ0) is 10.6. The van der Waals surface area contributed by atoms with E-state index < -0.39 is 0 Å². The molecule has 0 amide bonds. The molecule has 84 valence electrons. The van der Waals surface area contributed by atoms with Gasteiger partial charge in [0, 0.05) is 13.2 Å². The Morgan fingerprint density at radius 1 is 1.14 bits per heavy atom. The van der Waals surface area contributed by atoms with Crippen LogP contribution in [0.15, 0.2) is 0 Å². The first-order valence-electron chi connectivity index (χ1n) is 6.11. The van der Waals surface area contributed by atoms with Crippen LogP contribution < -0.4 is 0 Å². The minimum absolute atomic E-state index is 0.571. The largest absolute Gasteiger partial charge is 0.381 e. The summed E-state index contributed by atoms with van der Waals surface area (Å²) >= 11 is 0. The van der Waals surface area contributed by atoms with Gasteiger partial charge >= 0.3 is 0 Å². The molecule has 1 aliphatic heterocycles. The molecule has 1 unspecified atom stereocenters. The summed E-state index contributed by atoms with van der Waals surface area (Å²) < 4.78 is 5.42. The average Bonchev–Trinajstić information content (AvgIpc) is 2.15. The van der Waals surface area contributed by atoms with Crippen molar-refractivity contribution in [2.45, 2.75) is 53.4 Å². The maximum atomic E-state index is 5.42. The fourth-order valence-electron chi connectivity index (χ4n) is 2.02. The van der Waals surface area contributed by atoms with E-state index in [0.29, 0.717) is 5.41 Å². The summed E-state index contributed by atoms with van der Waals surface area (Å²) in [6.07, 6.45) is 5.29. The van der Waals surface area contributed by atoms with Crippen molar-refractivity contribution in [3.63, 3.8) is 0 Å². The highest BCUT2D eigenvalue weighted by Crippen LogP contribution is 2.36. The Kier molecular flexibility index (Phi) is 4.43. The molecule has 1 heterocycles. The van der Waals surface area contributed by atoms with Gasteiger partial charge in [0.25, 0.3) is 0 Å². The molecule has 1 rings (SSSR count). The molecule has 1 heteroatoms. The summed E-state index contributed by atoms with van der Waals surface area (Å²) in [6.45, 7) is 11.4. The van der Waals surface area contributed by atoms with Crippen molar-refractivity contribution >= 4 is 0 Å². The van der Waals surface area contributed by atoms with Gasteiger partial charge in [0.1, 0.15) is 0 Å². The Morgan fingerprint density at radius 2 is 1.71 bits per heavy atom. The topological polar surface area (TPSA) is 9.23 Å². The first-order chi connectivity index (χ1) is 6.53. The molecule has 0 radical (unpaired) electrons. The molecular formula is C13H26O. The van der Waals surface area contributed by atoms with E-state index in [1.807, 2.05) is 0 Å². The van der Waals surface area contributed by atoms with E-state index in [2.05, 4.69) is 27.7 Å². The predicted molar refractivity (Wildman–Crippen MR) is 61.4 cm³/mol. The van der Waals surface area contributed by atoms with Crippen molar-refractivity contribution in [2.75, 3.05) is 13.2 Å². The van der Waals surface area contributed by atoms with E-state index in [1.165, 1.54) is 25.7 Å². The van der Waals surface area contributed by atoms with E-state index in [4.69, 9.17) is 4.74 Å². The van der Waals surface area contributed by atoms with Gasteiger partial charge in [-0.25, -0.2) is 0 Å². The van der Waals surface area contributed by atoms with Gasteiger partial charge in [0.2, 0.25) is 0 Å². The van der Waals surface area contributed by atoms with Gasteiger partial charge in [-0.2, -0.15) is 0 Å². The number of hydrogen-bond donors (Lipinski definition) is 0. The van der Waals surface area contributed by atoms with Crippen molar-refractivity contribution in [1.29, 1.82) is 0 Å². The van der Waals surface area contributed by atoms with Gasteiger partial charge in [-0.05, 0) is 42.9 Å². The molecule has 1 fully saturated rings. The summed E-state index contributed by atoms with van der Waals surface area (Å²) in [5.74, 6) is 1.70. The molecule has 0 aromatic rings. The third-order valence-corrected chi connectivity index (χ3v) is 4.04. The Labute approximate surface area is 89.2 Å². The average molecular weight is 198 g/mol. The maximum Gasteiger partial charge on any atom is 0.0471 e. The van der Waals surface area contributed by atoms with Crippen molar-refractivity contribution in [2.24, 2.45) is 17.3 Å². The zero-order valence-electron chi connectivity index (χ0n) is 10.3. The molecule has 1 aliphatic rings.